The molecular formula is C11H14N4OS. The predicted molar refractivity (Wildman–Crippen MR) is 68.3 cm³/mol. The minimum absolute atomic E-state index is 0.0984. The molecule has 1 aliphatic rings. The molecule has 17 heavy (non-hydrogen) atoms. The van der Waals surface area contributed by atoms with Crippen molar-refractivity contribution < 1.29 is 4.79 Å². The number of nitriles is 1. The molecule has 1 atom stereocenters. The number of hydrogen-bond donors (Lipinski definition) is 2. The summed E-state index contributed by atoms with van der Waals surface area (Å²) in [7, 11) is 0. The summed E-state index contributed by atoms with van der Waals surface area (Å²) in [4.78, 5) is 13.9. The Morgan fingerprint density at radius 2 is 2.35 bits per heavy atom. The van der Waals surface area contributed by atoms with Crippen LogP contribution in [0.15, 0.2) is 0 Å². The minimum atomic E-state index is -0.0984. The largest absolute Gasteiger partial charge is 0.396 e. The number of nitrogens with two attached hydrogens (primary N) is 2. The lowest BCUT2D eigenvalue weighted by molar-refractivity contribution is 0.102. The molecule has 2 rings (SSSR count). The van der Waals surface area contributed by atoms with E-state index in [9.17, 15) is 4.79 Å². The van der Waals surface area contributed by atoms with Crippen molar-refractivity contribution in [3.8, 4) is 6.07 Å². The molecule has 6 heteroatoms. The van der Waals surface area contributed by atoms with Crippen molar-refractivity contribution in [3.05, 3.63) is 10.4 Å². The third kappa shape index (κ3) is 1.99. The van der Waals surface area contributed by atoms with E-state index in [-0.39, 0.29) is 11.8 Å². The van der Waals surface area contributed by atoms with Gasteiger partial charge in [0.1, 0.15) is 16.6 Å². The van der Waals surface area contributed by atoms with E-state index in [1.807, 2.05) is 4.90 Å². The van der Waals surface area contributed by atoms with Crippen molar-refractivity contribution in [2.75, 3.05) is 23.7 Å². The fraction of sp³-hybridized carbons (Fsp3) is 0.455. The quantitative estimate of drug-likeness (QED) is 0.761. The van der Waals surface area contributed by atoms with Gasteiger partial charge in [0, 0.05) is 26.1 Å². The molecule has 5 nitrogen and oxygen atoms in total. The molecule has 0 amide bonds. The van der Waals surface area contributed by atoms with Gasteiger partial charge in [-0.25, -0.2) is 0 Å². The minimum Gasteiger partial charge on any atom is -0.396 e. The Labute approximate surface area is 104 Å². The molecule has 0 aliphatic carbocycles. The van der Waals surface area contributed by atoms with Crippen molar-refractivity contribution in [2.45, 2.75) is 19.4 Å². The summed E-state index contributed by atoms with van der Waals surface area (Å²) in [5.74, 6) is -0.0984. The van der Waals surface area contributed by atoms with Gasteiger partial charge in [0.2, 0.25) is 0 Å². The molecule has 1 aromatic rings. The molecule has 1 aliphatic heterocycles. The number of Topliss-reactive ketones (excluding diaryl/α,β-unsaturated/α-hetero) is 1. The molecule has 0 aromatic carbocycles. The number of ketones is 1. The van der Waals surface area contributed by atoms with Gasteiger partial charge in [0.05, 0.1) is 10.6 Å². The number of nitrogens with zero attached hydrogens (tertiary/aromatic N) is 2. The lowest BCUT2D eigenvalue weighted by Crippen LogP contribution is -2.26. The zero-order valence-corrected chi connectivity index (χ0v) is 10.4. The topological polar surface area (TPSA) is 96.1 Å². The first-order chi connectivity index (χ1) is 8.04. The average molecular weight is 250 g/mol. The number of hydrogen-bond acceptors (Lipinski definition) is 6. The van der Waals surface area contributed by atoms with Crippen molar-refractivity contribution in [3.63, 3.8) is 0 Å². The van der Waals surface area contributed by atoms with Crippen molar-refractivity contribution in [1.29, 1.82) is 5.26 Å². The molecule has 1 aromatic heterocycles. The number of carbonyl (C=O) groups is 1. The molecule has 4 N–H and O–H groups in total. The van der Waals surface area contributed by atoms with Gasteiger partial charge in [-0.05, 0) is 6.42 Å². The highest BCUT2D eigenvalue weighted by molar-refractivity contribution is 7.19. The first-order valence-corrected chi connectivity index (χ1v) is 6.20. The maximum absolute atomic E-state index is 11.4. The number of nitrogen functional groups attached to an aromatic ring is 1. The maximum Gasteiger partial charge on any atom is 0.171 e. The van der Waals surface area contributed by atoms with E-state index in [1.54, 1.807) is 0 Å². The Kier molecular flexibility index (Phi) is 3.05. The molecular weight excluding hydrogens is 236 g/mol. The van der Waals surface area contributed by atoms with Gasteiger partial charge in [-0.3, -0.25) is 4.79 Å². The van der Waals surface area contributed by atoms with E-state index in [2.05, 4.69) is 6.07 Å². The Balaban J connectivity index is 2.44. The maximum atomic E-state index is 11.4. The van der Waals surface area contributed by atoms with Crippen molar-refractivity contribution >= 4 is 27.8 Å². The van der Waals surface area contributed by atoms with E-state index in [1.165, 1.54) is 18.3 Å². The van der Waals surface area contributed by atoms with Crippen molar-refractivity contribution in [2.24, 2.45) is 5.73 Å². The van der Waals surface area contributed by atoms with Gasteiger partial charge < -0.3 is 16.4 Å². The van der Waals surface area contributed by atoms with Crippen LogP contribution in [0.4, 0.5) is 10.7 Å². The molecule has 0 bridgehead atoms. The highest BCUT2D eigenvalue weighted by Crippen LogP contribution is 2.39. The van der Waals surface area contributed by atoms with Crippen LogP contribution in [0.1, 0.15) is 28.6 Å². The standard InChI is InChI=1S/C11H14N4OS/c1-6(16)10-9(14)8(4-12)11(17-10)15-3-2-7(13)5-15/h7H,2-3,5,13-14H2,1H3. The fourth-order valence-corrected chi connectivity index (χ4v) is 3.10. The summed E-state index contributed by atoms with van der Waals surface area (Å²) in [6.45, 7) is 2.99. The van der Waals surface area contributed by atoms with Crippen LogP contribution in [0.2, 0.25) is 0 Å². The zero-order valence-electron chi connectivity index (χ0n) is 9.56. The predicted octanol–water partition coefficient (Wildman–Crippen LogP) is 0.942. The van der Waals surface area contributed by atoms with E-state index in [0.29, 0.717) is 22.7 Å². The Morgan fingerprint density at radius 1 is 1.65 bits per heavy atom. The number of thiophene rings is 1. The van der Waals surface area contributed by atoms with E-state index in [0.717, 1.165) is 18.0 Å². The molecule has 1 fully saturated rings. The second-order valence-corrected chi connectivity index (χ2v) is 5.19. The number of anilines is 2. The van der Waals surface area contributed by atoms with Gasteiger partial charge in [0.25, 0.3) is 0 Å². The van der Waals surface area contributed by atoms with Gasteiger partial charge in [-0.15, -0.1) is 11.3 Å². The van der Waals surface area contributed by atoms with Crippen LogP contribution in [0.25, 0.3) is 0 Å². The van der Waals surface area contributed by atoms with Crippen LogP contribution in [0.5, 0.6) is 0 Å². The molecule has 1 unspecified atom stereocenters. The molecule has 90 valence electrons. The Morgan fingerprint density at radius 3 is 2.82 bits per heavy atom. The lowest BCUT2D eigenvalue weighted by atomic mass is 10.2. The van der Waals surface area contributed by atoms with Crippen LogP contribution in [-0.2, 0) is 0 Å². The first kappa shape index (κ1) is 11.9. The van der Waals surface area contributed by atoms with E-state index < -0.39 is 0 Å². The second kappa shape index (κ2) is 4.35. The Hall–Kier alpha value is -1.58. The first-order valence-electron chi connectivity index (χ1n) is 5.38. The molecule has 1 saturated heterocycles. The van der Waals surface area contributed by atoms with Crippen LogP contribution in [-0.4, -0.2) is 24.9 Å². The smallest absolute Gasteiger partial charge is 0.171 e. The summed E-state index contributed by atoms with van der Waals surface area (Å²) in [6, 6.07) is 2.21. The Bertz CT molecular complexity index is 502. The summed E-state index contributed by atoms with van der Waals surface area (Å²) < 4.78 is 0. The summed E-state index contributed by atoms with van der Waals surface area (Å²) in [5, 5.41) is 9.91. The van der Waals surface area contributed by atoms with Crippen LogP contribution < -0.4 is 16.4 Å². The lowest BCUT2D eigenvalue weighted by Gasteiger charge is -2.15. The van der Waals surface area contributed by atoms with Crippen molar-refractivity contribution in [1.82, 2.24) is 0 Å². The summed E-state index contributed by atoms with van der Waals surface area (Å²) in [6.07, 6.45) is 0.901. The average Bonchev–Trinajstić information content (AvgIpc) is 2.82. The third-order valence-electron chi connectivity index (χ3n) is 2.87. The van der Waals surface area contributed by atoms with Gasteiger partial charge >= 0.3 is 0 Å². The zero-order chi connectivity index (χ0) is 12.6. The monoisotopic (exact) mass is 250 g/mol. The molecule has 0 spiro atoms. The highest BCUT2D eigenvalue weighted by atomic mass is 32.1. The highest BCUT2D eigenvalue weighted by Gasteiger charge is 2.27. The van der Waals surface area contributed by atoms with Gasteiger partial charge in [-0.1, -0.05) is 0 Å². The van der Waals surface area contributed by atoms with Gasteiger partial charge in [0.15, 0.2) is 5.78 Å². The third-order valence-corrected chi connectivity index (χ3v) is 4.24. The van der Waals surface area contributed by atoms with Crippen LogP contribution >= 0.6 is 11.3 Å². The molecule has 2 heterocycles. The second-order valence-electron chi connectivity index (χ2n) is 4.19. The molecule has 0 radical (unpaired) electrons. The summed E-state index contributed by atoms with van der Waals surface area (Å²) in [5.41, 5.74) is 12.4. The normalized spacial score (nSPS) is 19.4. The van der Waals surface area contributed by atoms with Gasteiger partial charge in [-0.2, -0.15) is 5.26 Å². The number of carbonyl (C=O) groups excluding carboxylic acids is 1. The number of rotatable bonds is 2. The van der Waals surface area contributed by atoms with Crippen LogP contribution in [0, 0.1) is 11.3 Å². The summed E-state index contributed by atoms with van der Waals surface area (Å²) >= 11 is 1.29. The van der Waals surface area contributed by atoms with E-state index >= 15 is 0 Å². The van der Waals surface area contributed by atoms with Crippen LogP contribution in [0.3, 0.4) is 0 Å². The van der Waals surface area contributed by atoms with E-state index in [4.69, 9.17) is 16.7 Å². The molecule has 0 saturated carbocycles. The SMILES string of the molecule is CC(=O)c1sc(N2CCC(N)C2)c(C#N)c1N. The fourth-order valence-electron chi connectivity index (χ4n) is 2.00.